The molecule has 2 N–H and O–H groups in total. The molecule has 0 aliphatic heterocycles. The van der Waals surface area contributed by atoms with Crippen molar-refractivity contribution < 1.29 is 4.52 Å². The van der Waals surface area contributed by atoms with Gasteiger partial charge >= 0.3 is 0 Å². The number of likely N-dealkylation sites (N-methyl/N-ethyl adjacent to an activating group) is 1. The highest BCUT2D eigenvalue weighted by Crippen LogP contribution is 2.13. The van der Waals surface area contributed by atoms with Crippen LogP contribution in [0.15, 0.2) is 4.52 Å². The van der Waals surface area contributed by atoms with Crippen LogP contribution in [0, 0.1) is 13.8 Å². The molecule has 0 saturated carbocycles. The van der Waals surface area contributed by atoms with E-state index in [4.69, 9.17) is 10.3 Å². The average Bonchev–Trinajstić information content (AvgIpc) is 2.56. The molecule has 0 aromatic carbocycles. The van der Waals surface area contributed by atoms with E-state index in [-0.39, 0.29) is 6.04 Å². The first kappa shape index (κ1) is 14.2. The first-order chi connectivity index (χ1) is 8.04. The molecule has 0 amide bonds. The van der Waals surface area contributed by atoms with Crippen LogP contribution in [0.2, 0.25) is 0 Å². The van der Waals surface area contributed by atoms with E-state index in [1.165, 1.54) is 5.56 Å². The standard InChI is InChI=1S/C13H25N3O/c1-5-6-12(14)9-16(4)8-7-13-10(2)15-17-11(13)3/h12H,5-9,14H2,1-4H3. The molecule has 0 saturated heterocycles. The van der Waals surface area contributed by atoms with Crippen LogP contribution in [0.1, 0.15) is 36.8 Å². The molecule has 1 rings (SSSR count). The van der Waals surface area contributed by atoms with Crippen molar-refractivity contribution in [3.8, 4) is 0 Å². The van der Waals surface area contributed by atoms with Crippen molar-refractivity contribution in [2.45, 2.75) is 46.1 Å². The molecule has 0 spiro atoms. The summed E-state index contributed by atoms with van der Waals surface area (Å²) < 4.78 is 5.15. The molecule has 4 heteroatoms. The summed E-state index contributed by atoms with van der Waals surface area (Å²) in [6, 6.07) is 0.287. The normalized spacial score (nSPS) is 13.3. The quantitative estimate of drug-likeness (QED) is 0.789. The molecule has 1 unspecified atom stereocenters. The van der Waals surface area contributed by atoms with Gasteiger partial charge in [-0.15, -0.1) is 0 Å². The molecule has 0 bridgehead atoms. The van der Waals surface area contributed by atoms with E-state index in [0.29, 0.717) is 0 Å². The fourth-order valence-corrected chi connectivity index (χ4v) is 2.12. The lowest BCUT2D eigenvalue weighted by Gasteiger charge is -2.20. The van der Waals surface area contributed by atoms with Gasteiger partial charge in [-0.05, 0) is 33.7 Å². The maximum absolute atomic E-state index is 6.02. The lowest BCUT2D eigenvalue weighted by molar-refractivity contribution is 0.306. The van der Waals surface area contributed by atoms with Crippen molar-refractivity contribution >= 4 is 0 Å². The Bertz CT molecular complexity index is 316. The van der Waals surface area contributed by atoms with Gasteiger partial charge in [-0.25, -0.2) is 0 Å². The Balaban J connectivity index is 2.35. The van der Waals surface area contributed by atoms with E-state index in [2.05, 4.69) is 24.0 Å². The molecule has 0 aliphatic carbocycles. The molecule has 0 aliphatic rings. The van der Waals surface area contributed by atoms with E-state index in [0.717, 1.165) is 43.8 Å². The van der Waals surface area contributed by atoms with Gasteiger partial charge in [0.25, 0.3) is 0 Å². The van der Waals surface area contributed by atoms with Gasteiger partial charge in [0, 0.05) is 24.7 Å². The number of aryl methyl sites for hydroxylation is 2. The fraction of sp³-hybridized carbons (Fsp3) is 0.769. The Morgan fingerprint density at radius 1 is 1.41 bits per heavy atom. The van der Waals surface area contributed by atoms with Gasteiger partial charge in [0.1, 0.15) is 5.76 Å². The van der Waals surface area contributed by atoms with Crippen molar-refractivity contribution in [1.29, 1.82) is 0 Å². The van der Waals surface area contributed by atoms with E-state index >= 15 is 0 Å². The molecule has 17 heavy (non-hydrogen) atoms. The lowest BCUT2D eigenvalue weighted by Crippen LogP contribution is -2.36. The van der Waals surface area contributed by atoms with Crippen molar-refractivity contribution in [3.05, 3.63) is 17.0 Å². The maximum atomic E-state index is 6.02. The Labute approximate surface area is 104 Å². The minimum absolute atomic E-state index is 0.287. The highest BCUT2D eigenvalue weighted by molar-refractivity contribution is 5.20. The van der Waals surface area contributed by atoms with E-state index < -0.39 is 0 Å². The maximum Gasteiger partial charge on any atom is 0.137 e. The fourth-order valence-electron chi connectivity index (χ4n) is 2.12. The SMILES string of the molecule is CCCC(N)CN(C)CCc1c(C)noc1C. The van der Waals surface area contributed by atoms with Crippen LogP contribution < -0.4 is 5.73 Å². The summed E-state index contributed by atoms with van der Waals surface area (Å²) in [6.45, 7) is 8.09. The summed E-state index contributed by atoms with van der Waals surface area (Å²) in [7, 11) is 2.12. The van der Waals surface area contributed by atoms with Crippen LogP contribution in [-0.4, -0.2) is 36.2 Å². The van der Waals surface area contributed by atoms with Crippen LogP contribution >= 0.6 is 0 Å². The molecule has 98 valence electrons. The number of nitrogens with two attached hydrogens (primary N) is 1. The number of hydrogen-bond acceptors (Lipinski definition) is 4. The largest absolute Gasteiger partial charge is 0.361 e. The Hall–Kier alpha value is -0.870. The van der Waals surface area contributed by atoms with Gasteiger partial charge in [-0.1, -0.05) is 18.5 Å². The predicted molar refractivity (Wildman–Crippen MR) is 70.1 cm³/mol. The molecule has 1 atom stereocenters. The van der Waals surface area contributed by atoms with Gasteiger partial charge in [-0.3, -0.25) is 0 Å². The zero-order chi connectivity index (χ0) is 12.8. The van der Waals surface area contributed by atoms with Gasteiger partial charge < -0.3 is 15.2 Å². The van der Waals surface area contributed by atoms with Gasteiger partial charge in [0.05, 0.1) is 5.69 Å². The zero-order valence-electron chi connectivity index (χ0n) is 11.5. The molecule has 0 fully saturated rings. The summed E-state index contributed by atoms with van der Waals surface area (Å²) in [6.07, 6.45) is 3.23. The summed E-state index contributed by atoms with van der Waals surface area (Å²) in [5, 5.41) is 3.97. The molecule has 0 radical (unpaired) electrons. The number of aromatic nitrogens is 1. The highest BCUT2D eigenvalue weighted by Gasteiger charge is 2.11. The van der Waals surface area contributed by atoms with Crippen molar-refractivity contribution in [3.63, 3.8) is 0 Å². The molecule has 1 aromatic heterocycles. The minimum atomic E-state index is 0.287. The zero-order valence-corrected chi connectivity index (χ0v) is 11.5. The highest BCUT2D eigenvalue weighted by atomic mass is 16.5. The monoisotopic (exact) mass is 239 g/mol. The predicted octanol–water partition coefficient (Wildman–Crippen LogP) is 1.89. The van der Waals surface area contributed by atoms with Crippen LogP contribution in [0.25, 0.3) is 0 Å². The molecular formula is C13H25N3O. The van der Waals surface area contributed by atoms with Crippen molar-refractivity contribution in [2.75, 3.05) is 20.1 Å². The second kappa shape index (κ2) is 6.77. The summed E-state index contributed by atoms with van der Waals surface area (Å²) in [4.78, 5) is 2.28. The van der Waals surface area contributed by atoms with E-state index in [9.17, 15) is 0 Å². The van der Waals surface area contributed by atoms with Gasteiger partial charge in [0.2, 0.25) is 0 Å². The minimum Gasteiger partial charge on any atom is -0.361 e. The third-order valence-electron chi connectivity index (χ3n) is 3.13. The van der Waals surface area contributed by atoms with Crippen LogP contribution in [0.4, 0.5) is 0 Å². The summed E-state index contributed by atoms with van der Waals surface area (Å²) >= 11 is 0. The molecule has 1 heterocycles. The number of nitrogens with zero attached hydrogens (tertiary/aromatic N) is 2. The van der Waals surface area contributed by atoms with Crippen LogP contribution in [0.3, 0.4) is 0 Å². The molecule has 4 nitrogen and oxygen atoms in total. The Morgan fingerprint density at radius 2 is 2.12 bits per heavy atom. The lowest BCUT2D eigenvalue weighted by atomic mass is 10.1. The average molecular weight is 239 g/mol. The second-order valence-electron chi connectivity index (χ2n) is 4.86. The molecule has 1 aromatic rings. The first-order valence-electron chi connectivity index (χ1n) is 6.40. The number of rotatable bonds is 7. The summed E-state index contributed by atoms with van der Waals surface area (Å²) in [5.74, 6) is 0.939. The van der Waals surface area contributed by atoms with Crippen LogP contribution in [0.5, 0.6) is 0 Å². The van der Waals surface area contributed by atoms with Crippen LogP contribution in [-0.2, 0) is 6.42 Å². The topological polar surface area (TPSA) is 55.3 Å². The van der Waals surface area contributed by atoms with Crippen molar-refractivity contribution in [2.24, 2.45) is 5.73 Å². The second-order valence-corrected chi connectivity index (χ2v) is 4.86. The summed E-state index contributed by atoms with van der Waals surface area (Å²) in [5.41, 5.74) is 8.27. The smallest absolute Gasteiger partial charge is 0.137 e. The van der Waals surface area contributed by atoms with E-state index in [1.807, 2.05) is 13.8 Å². The molecular weight excluding hydrogens is 214 g/mol. The van der Waals surface area contributed by atoms with Gasteiger partial charge in [-0.2, -0.15) is 0 Å². The van der Waals surface area contributed by atoms with E-state index in [1.54, 1.807) is 0 Å². The van der Waals surface area contributed by atoms with Crippen molar-refractivity contribution in [1.82, 2.24) is 10.1 Å². The number of hydrogen-bond donors (Lipinski definition) is 1. The van der Waals surface area contributed by atoms with Gasteiger partial charge in [0.15, 0.2) is 0 Å². The Kier molecular flexibility index (Phi) is 5.65. The third-order valence-corrected chi connectivity index (χ3v) is 3.13. The first-order valence-corrected chi connectivity index (χ1v) is 6.40. The third kappa shape index (κ3) is 4.48. The Morgan fingerprint density at radius 3 is 2.65 bits per heavy atom.